The van der Waals surface area contributed by atoms with Gasteiger partial charge in [-0.1, -0.05) is 0 Å². The van der Waals surface area contributed by atoms with Gasteiger partial charge in [0.05, 0.1) is 11.5 Å². The number of Topliss-reactive ketones (excluding diaryl/α,β-unsaturated/α-hetero) is 1. The second kappa shape index (κ2) is 5.14. The quantitative estimate of drug-likeness (QED) is 0.467. The topological polar surface area (TPSA) is 72.7 Å². The van der Waals surface area contributed by atoms with Crippen molar-refractivity contribution in [2.24, 2.45) is 0 Å². The van der Waals surface area contributed by atoms with Crippen molar-refractivity contribution >= 4 is 17.2 Å². The molecule has 0 aliphatic carbocycles. The van der Waals surface area contributed by atoms with E-state index in [1.807, 2.05) is 0 Å². The second-order valence-electron chi connectivity index (χ2n) is 4.16. The Morgan fingerprint density at radius 3 is 2.78 bits per heavy atom. The number of hydrogen-bond acceptors (Lipinski definition) is 5. The number of hydrogen-bond donors (Lipinski definition) is 0. The summed E-state index contributed by atoms with van der Waals surface area (Å²) in [6, 6.07) is 4.46. The fraction of sp³-hybridized carbons (Fsp3) is 0.417. The SMILES string of the molecule is CC(=O)c1ccc(N2CCCCO2)c([N+](=O)[O-])c1. The average molecular weight is 250 g/mol. The first-order valence-corrected chi connectivity index (χ1v) is 5.79. The van der Waals surface area contributed by atoms with E-state index in [9.17, 15) is 14.9 Å². The minimum absolute atomic E-state index is 0.0930. The molecule has 1 aliphatic rings. The third-order valence-electron chi connectivity index (χ3n) is 2.85. The highest BCUT2D eigenvalue weighted by Crippen LogP contribution is 2.31. The molecule has 1 aromatic carbocycles. The average Bonchev–Trinajstić information content (AvgIpc) is 2.39. The Hall–Kier alpha value is -1.95. The summed E-state index contributed by atoms with van der Waals surface area (Å²) in [5.74, 6) is -0.191. The van der Waals surface area contributed by atoms with Gasteiger partial charge in [0.25, 0.3) is 5.69 Å². The highest BCUT2D eigenvalue weighted by Gasteiger charge is 2.23. The van der Waals surface area contributed by atoms with Gasteiger partial charge in [-0.2, -0.15) is 0 Å². The Balaban J connectivity index is 2.39. The Morgan fingerprint density at radius 2 is 2.22 bits per heavy atom. The van der Waals surface area contributed by atoms with Crippen molar-refractivity contribution in [1.82, 2.24) is 0 Å². The molecule has 0 atom stereocenters. The van der Waals surface area contributed by atoms with Gasteiger partial charge in [0.2, 0.25) is 0 Å². The molecule has 0 N–H and O–H groups in total. The molecular weight excluding hydrogens is 236 g/mol. The third-order valence-corrected chi connectivity index (χ3v) is 2.85. The summed E-state index contributed by atoms with van der Waals surface area (Å²) in [5, 5.41) is 12.6. The van der Waals surface area contributed by atoms with E-state index in [0.717, 1.165) is 12.8 Å². The molecule has 0 spiro atoms. The molecule has 1 aromatic rings. The number of nitro groups is 1. The van der Waals surface area contributed by atoms with Gasteiger partial charge in [-0.05, 0) is 31.9 Å². The first-order valence-electron chi connectivity index (χ1n) is 5.79. The van der Waals surface area contributed by atoms with E-state index in [-0.39, 0.29) is 11.5 Å². The van der Waals surface area contributed by atoms with E-state index in [2.05, 4.69) is 0 Å². The molecule has 0 unspecified atom stereocenters. The van der Waals surface area contributed by atoms with Crippen molar-refractivity contribution in [2.45, 2.75) is 19.8 Å². The molecule has 1 fully saturated rings. The Morgan fingerprint density at radius 1 is 1.44 bits per heavy atom. The lowest BCUT2D eigenvalue weighted by molar-refractivity contribution is -0.384. The van der Waals surface area contributed by atoms with Crippen LogP contribution in [0.15, 0.2) is 18.2 Å². The van der Waals surface area contributed by atoms with Crippen molar-refractivity contribution in [2.75, 3.05) is 18.2 Å². The van der Waals surface area contributed by atoms with Gasteiger partial charge in [0, 0.05) is 18.2 Å². The summed E-state index contributed by atoms with van der Waals surface area (Å²) in [4.78, 5) is 27.2. The smallest absolute Gasteiger partial charge is 0.295 e. The summed E-state index contributed by atoms with van der Waals surface area (Å²) in [6.45, 7) is 2.57. The first-order chi connectivity index (χ1) is 8.59. The predicted molar refractivity (Wildman–Crippen MR) is 65.6 cm³/mol. The molecule has 0 radical (unpaired) electrons. The van der Waals surface area contributed by atoms with Gasteiger partial charge in [0.1, 0.15) is 5.69 Å². The maximum absolute atomic E-state index is 11.2. The van der Waals surface area contributed by atoms with Gasteiger partial charge >= 0.3 is 0 Å². The summed E-state index contributed by atoms with van der Waals surface area (Å²) in [5.41, 5.74) is 0.650. The summed E-state index contributed by atoms with van der Waals surface area (Å²) in [6.07, 6.45) is 1.89. The molecule has 0 amide bonds. The number of nitro benzene ring substituents is 1. The summed E-state index contributed by atoms with van der Waals surface area (Å²) in [7, 11) is 0. The summed E-state index contributed by atoms with van der Waals surface area (Å²) >= 11 is 0. The molecule has 2 rings (SSSR count). The van der Waals surface area contributed by atoms with Crippen LogP contribution in [0.3, 0.4) is 0 Å². The van der Waals surface area contributed by atoms with Crippen LogP contribution < -0.4 is 5.06 Å². The lowest BCUT2D eigenvalue weighted by Crippen LogP contribution is -2.30. The number of benzene rings is 1. The van der Waals surface area contributed by atoms with E-state index in [4.69, 9.17) is 4.84 Å². The normalized spacial score (nSPS) is 15.5. The van der Waals surface area contributed by atoms with Crippen molar-refractivity contribution in [3.05, 3.63) is 33.9 Å². The maximum Gasteiger partial charge on any atom is 0.295 e. The van der Waals surface area contributed by atoms with Crippen LogP contribution in [0.1, 0.15) is 30.1 Å². The van der Waals surface area contributed by atoms with Crippen LogP contribution in [-0.2, 0) is 4.84 Å². The van der Waals surface area contributed by atoms with Crippen molar-refractivity contribution in [1.29, 1.82) is 0 Å². The molecule has 0 aromatic heterocycles. The molecule has 1 heterocycles. The van der Waals surface area contributed by atoms with Gasteiger partial charge in [-0.15, -0.1) is 0 Å². The third kappa shape index (κ3) is 2.48. The minimum Gasteiger partial charge on any atom is -0.295 e. The molecular formula is C12H14N2O4. The van der Waals surface area contributed by atoms with E-state index < -0.39 is 4.92 Å². The number of carbonyl (C=O) groups is 1. The molecule has 96 valence electrons. The van der Waals surface area contributed by atoms with Gasteiger partial charge in [-0.3, -0.25) is 19.7 Å². The Kier molecular flexibility index (Phi) is 3.57. The van der Waals surface area contributed by atoms with Crippen LogP contribution in [-0.4, -0.2) is 23.9 Å². The first kappa shape index (κ1) is 12.5. The van der Waals surface area contributed by atoms with Crippen LogP contribution in [0.4, 0.5) is 11.4 Å². The summed E-state index contributed by atoms with van der Waals surface area (Å²) < 4.78 is 0. The standard InChI is InChI=1S/C12H14N2O4/c1-9(15)10-4-5-11(12(8-10)14(16)17)13-6-2-3-7-18-13/h4-5,8H,2-3,6-7H2,1H3. The van der Waals surface area contributed by atoms with Crippen molar-refractivity contribution in [3.8, 4) is 0 Å². The van der Waals surface area contributed by atoms with Crippen LogP contribution in [0.25, 0.3) is 0 Å². The molecule has 18 heavy (non-hydrogen) atoms. The molecule has 6 nitrogen and oxygen atoms in total. The zero-order chi connectivity index (χ0) is 13.1. The van der Waals surface area contributed by atoms with Crippen LogP contribution in [0.2, 0.25) is 0 Å². The molecule has 0 saturated carbocycles. The second-order valence-corrected chi connectivity index (χ2v) is 4.16. The lowest BCUT2D eigenvalue weighted by atomic mass is 10.1. The Labute approximate surface area is 104 Å². The fourth-order valence-corrected chi connectivity index (χ4v) is 1.89. The monoisotopic (exact) mass is 250 g/mol. The highest BCUT2D eigenvalue weighted by molar-refractivity contribution is 5.95. The number of hydroxylamine groups is 1. The number of ketones is 1. The fourth-order valence-electron chi connectivity index (χ4n) is 1.89. The molecule has 6 heteroatoms. The Bertz CT molecular complexity index is 481. The number of anilines is 1. The van der Waals surface area contributed by atoms with Crippen LogP contribution in [0, 0.1) is 10.1 Å². The van der Waals surface area contributed by atoms with Crippen LogP contribution >= 0.6 is 0 Å². The lowest BCUT2D eigenvalue weighted by Gasteiger charge is -2.27. The van der Waals surface area contributed by atoms with E-state index in [1.165, 1.54) is 18.1 Å². The molecule has 1 aliphatic heterocycles. The maximum atomic E-state index is 11.2. The number of nitrogens with zero attached hydrogens (tertiary/aromatic N) is 2. The minimum atomic E-state index is -0.486. The zero-order valence-electron chi connectivity index (χ0n) is 10.1. The number of carbonyl (C=O) groups excluding carboxylic acids is 1. The van der Waals surface area contributed by atoms with Gasteiger partial charge in [-0.25, -0.2) is 5.06 Å². The molecule has 1 saturated heterocycles. The largest absolute Gasteiger partial charge is 0.295 e. The molecule has 0 bridgehead atoms. The van der Waals surface area contributed by atoms with Crippen molar-refractivity contribution in [3.63, 3.8) is 0 Å². The predicted octanol–water partition coefficient (Wildman–Crippen LogP) is 2.33. The van der Waals surface area contributed by atoms with Gasteiger partial charge in [0.15, 0.2) is 5.78 Å². The van der Waals surface area contributed by atoms with E-state index in [1.54, 1.807) is 12.1 Å². The highest BCUT2D eigenvalue weighted by atomic mass is 16.7. The van der Waals surface area contributed by atoms with Crippen LogP contribution in [0.5, 0.6) is 0 Å². The zero-order valence-corrected chi connectivity index (χ0v) is 10.1. The van der Waals surface area contributed by atoms with Crippen molar-refractivity contribution < 1.29 is 14.6 Å². The van der Waals surface area contributed by atoms with E-state index in [0.29, 0.717) is 24.4 Å². The van der Waals surface area contributed by atoms with Gasteiger partial charge < -0.3 is 0 Å². The number of rotatable bonds is 3. The van der Waals surface area contributed by atoms with E-state index >= 15 is 0 Å².